The highest BCUT2D eigenvalue weighted by Crippen LogP contribution is 2.32. The van der Waals surface area contributed by atoms with Crippen molar-refractivity contribution in [3.8, 4) is 16.8 Å². The zero-order valence-corrected chi connectivity index (χ0v) is 27.2. The zero-order chi connectivity index (χ0) is 31.8. The van der Waals surface area contributed by atoms with Gasteiger partial charge in [-0.3, -0.25) is 9.36 Å². The molecule has 1 aliphatic heterocycles. The summed E-state index contributed by atoms with van der Waals surface area (Å²) in [4.78, 5) is 34.7. The lowest BCUT2D eigenvalue weighted by Gasteiger charge is -2.25. The molecule has 0 N–H and O–H groups in total. The number of carbonyl (C=O) groups is 1. The van der Waals surface area contributed by atoms with Crippen LogP contribution in [-0.4, -0.2) is 35.8 Å². The molecule has 0 saturated carbocycles. The van der Waals surface area contributed by atoms with Crippen LogP contribution >= 0.6 is 11.3 Å². The van der Waals surface area contributed by atoms with Gasteiger partial charge in [0, 0.05) is 36.9 Å². The molecular formula is C37H36N4O3S. The van der Waals surface area contributed by atoms with Crippen LogP contribution in [0, 0.1) is 13.8 Å². The van der Waals surface area contributed by atoms with Gasteiger partial charge in [0.15, 0.2) is 4.80 Å². The number of aromatic nitrogens is 2. The molecule has 0 aliphatic carbocycles. The summed E-state index contributed by atoms with van der Waals surface area (Å²) in [5.41, 5.74) is 9.04. The summed E-state index contributed by atoms with van der Waals surface area (Å²) in [5.74, 6) is -0.462. The Kier molecular flexibility index (Phi) is 8.16. The van der Waals surface area contributed by atoms with Gasteiger partial charge in [-0.1, -0.05) is 65.9 Å². The standard InChI is InChI=1S/C37H36N4O3S/c1-7-44-36(43)33-24(3)38-37-41(34(33)28-15-17-30(18-16-28)39(5)6)35(42)32(45-37)22-29-21-23(2)40(25(29)4)31-19-13-27(14-20-31)26-11-9-8-10-12-26/h8-22,34H,7H2,1-6H3/b32-22-/t34-/m1/s1. The number of allylic oxidation sites excluding steroid dienone is 1. The van der Waals surface area contributed by atoms with Crippen molar-refractivity contribution in [1.29, 1.82) is 0 Å². The average molecular weight is 617 g/mol. The van der Waals surface area contributed by atoms with Crippen LogP contribution < -0.4 is 19.8 Å². The van der Waals surface area contributed by atoms with Crippen molar-refractivity contribution in [2.75, 3.05) is 25.6 Å². The molecule has 1 aliphatic rings. The predicted molar refractivity (Wildman–Crippen MR) is 182 cm³/mol. The van der Waals surface area contributed by atoms with Crippen molar-refractivity contribution in [3.63, 3.8) is 0 Å². The van der Waals surface area contributed by atoms with Gasteiger partial charge in [-0.15, -0.1) is 0 Å². The number of anilines is 1. The number of benzene rings is 3. The first kappa shape index (κ1) is 30.1. The molecule has 5 aromatic rings. The van der Waals surface area contributed by atoms with Crippen LogP contribution in [0.1, 0.15) is 42.4 Å². The fourth-order valence-corrected chi connectivity index (χ4v) is 7.01. The highest BCUT2D eigenvalue weighted by atomic mass is 32.1. The number of aryl methyl sites for hydroxylation is 1. The molecule has 3 heterocycles. The third-order valence-electron chi connectivity index (χ3n) is 8.23. The lowest BCUT2D eigenvalue weighted by atomic mass is 9.95. The largest absolute Gasteiger partial charge is 0.463 e. The number of esters is 1. The van der Waals surface area contributed by atoms with E-state index in [-0.39, 0.29) is 12.2 Å². The Morgan fingerprint density at radius 1 is 0.956 bits per heavy atom. The number of carbonyl (C=O) groups excluding carboxylic acids is 1. The quantitative estimate of drug-likeness (QED) is 0.212. The maximum Gasteiger partial charge on any atom is 0.338 e. The van der Waals surface area contributed by atoms with Crippen LogP contribution in [0.15, 0.2) is 106 Å². The lowest BCUT2D eigenvalue weighted by Crippen LogP contribution is -2.40. The Bertz CT molecular complexity index is 2100. The molecule has 7 nitrogen and oxygen atoms in total. The van der Waals surface area contributed by atoms with Crippen LogP contribution in [-0.2, 0) is 9.53 Å². The van der Waals surface area contributed by atoms with E-state index >= 15 is 0 Å². The summed E-state index contributed by atoms with van der Waals surface area (Å²) in [7, 11) is 3.95. The maximum absolute atomic E-state index is 14.1. The minimum Gasteiger partial charge on any atom is -0.463 e. The molecule has 8 heteroatoms. The molecule has 0 fully saturated rings. The molecule has 0 amide bonds. The molecule has 0 unspecified atom stereocenters. The van der Waals surface area contributed by atoms with Crippen LogP contribution in [0.5, 0.6) is 0 Å². The highest BCUT2D eigenvalue weighted by molar-refractivity contribution is 7.07. The Morgan fingerprint density at radius 2 is 1.62 bits per heavy atom. The van der Waals surface area contributed by atoms with Crippen molar-refractivity contribution in [2.24, 2.45) is 4.99 Å². The summed E-state index contributed by atoms with van der Waals surface area (Å²) in [6.07, 6.45) is 1.94. The fraction of sp³-hybridized carbons (Fsp3) is 0.216. The van der Waals surface area contributed by atoms with Crippen LogP contribution in [0.2, 0.25) is 0 Å². The fourth-order valence-electron chi connectivity index (χ4n) is 5.97. The summed E-state index contributed by atoms with van der Waals surface area (Å²) in [6.45, 7) is 7.96. The number of hydrogen-bond acceptors (Lipinski definition) is 6. The van der Waals surface area contributed by atoms with E-state index in [0.29, 0.717) is 20.6 Å². The monoisotopic (exact) mass is 616 g/mol. The Labute approximate surface area is 266 Å². The molecule has 0 bridgehead atoms. The van der Waals surface area contributed by atoms with E-state index < -0.39 is 12.0 Å². The number of ether oxygens (including phenoxy) is 1. The van der Waals surface area contributed by atoms with Gasteiger partial charge in [0.2, 0.25) is 0 Å². The molecule has 1 atom stereocenters. The third kappa shape index (κ3) is 5.58. The Hall–Kier alpha value is -4.95. The summed E-state index contributed by atoms with van der Waals surface area (Å²) >= 11 is 1.34. The van der Waals surface area contributed by atoms with Gasteiger partial charge in [-0.25, -0.2) is 9.79 Å². The van der Waals surface area contributed by atoms with Gasteiger partial charge in [-0.2, -0.15) is 0 Å². The minimum atomic E-state index is -0.644. The summed E-state index contributed by atoms with van der Waals surface area (Å²) < 4.78 is 9.84. The third-order valence-corrected chi connectivity index (χ3v) is 9.21. The van der Waals surface area contributed by atoms with Crippen molar-refractivity contribution < 1.29 is 9.53 Å². The maximum atomic E-state index is 14.1. The number of hydrogen-bond donors (Lipinski definition) is 0. The van der Waals surface area contributed by atoms with E-state index in [9.17, 15) is 9.59 Å². The van der Waals surface area contributed by atoms with Gasteiger partial charge in [0.05, 0.1) is 28.5 Å². The van der Waals surface area contributed by atoms with E-state index in [1.165, 1.54) is 16.9 Å². The second-order valence-corrected chi connectivity index (χ2v) is 12.4. The second kappa shape index (κ2) is 12.2. The predicted octanol–water partition coefficient (Wildman–Crippen LogP) is 5.94. The van der Waals surface area contributed by atoms with E-state index in [1.807, 2.05) is 67.5 Å². The topological polar surface area (TPSA) is 68.8 Å². The van der Waals surface area contributed by atoms with Crippen molar-refractivity contribution in [2.45, 2.75) is 33.7 Å². The highest BCUT2D eigenvalue weighted by Gasteiger charge is 2.33. The minimum absolute atomic E-state index is 0.188. The van der Waals surface area contributed by atoms with Crippen LogP contribution in [0.4, 0.5) is 5.69 Å². The van der Waals surface area contributed by atoms with Gasteiger partial charge >= 0.3 is 5.97 Å². The van der Waals surface area contributed by atoms with Gasteiger partial charge in [-0.05, 0) is 86.4 Å². The van der Waals surface area contributed by atoms with Crippen molar-refractivity contribution in [3.05, 3.63) is 138 Å². The van der Waals surface area contributed by atoms with Crippen molar-refractivity contribution >= 4 is 29.1 Å². The molecule has 2 aromatic heterocycles. The molecule has 228 valence electrons. The number of fused-ring (bicyclic) bond motifs is 1. The van der Waals surface area contributed by atoms with E-state index in [1.54, 1.807) is 18.4 Å². The first-order valence-corrected chi connectivity index (χ1v) is 15.8. The van der Waals surface area contributed by atoms with E-state index in [0.717, 1.165) is 39.5 Å². The SMILES string of the molecule is CCOC(=O)C1=C(C)N=c2s/c(=C\c3cc(C)n(-c4ccc(-c5ccccc5)cc4)c3C)c(=O)n2[C@@H]1c1ccc(N(C)C)cc1. The molecule has 0 saturated heterocycles. The van der Waals surface area contributed by atoms with Gasteiger partial charge < -0.3 is 14.2 Å². The lowest BCUT2D eigenvalue weighted by molar-refractivity contribution is -0.139. The summed E-state index contributed by atoms with van der Waals surface area (Å²) in [5, 5.41) is 0. The Balaban J connectivity index is 1.44. The first-order chi connectivity index (χ1) is 21.7. The molecular weight excluding hydrogens is 580 g/mol. The van der Waals surface area contributed by atoms with Crippen molar-refractivity contribution in [1.82, 2.24) is 9.13 Å². The number of nitrogens with zero attached hydrogens (tertiary/aromatic N) is 4. The summed E-state index contributed by atoms with van der Waals surface area (Å²) in [6, 6.07) is 28.2. The van der Waals surface area contributed by atoms with E-state index in [2.05, 4.69) is 60.9 Å². The zero-order valence-electron chi connectivity index (χ0n) is 26.4. The first-order valence-electron chi connectivity index (χ1n) is 15.0. The van der Waals surface area contributed by atoms with E-state index in [4.69, 9.17) is 9.73 Å². The molecule has 0 spiro atoms. The number of rotatable bonds is 7. The Morgan fingerprint density at radius 3 is 2.27 bits per heavy atom. The van der Waals surface area contributed by atoms with Crippen LogP contribution in [0.3, 0.4) is 0 Å². The molecule has 3 aromatic carbocycles. The molecule has 6 rings (SSSR count). The molecule has 0 radical (unpaired) electrons. The average Bonchev–Trinajstić information content (AvgIpc) is 3.50. The molecule has 45 heavy (non-hydrogen) atoms. The normalized spacial score (nSPS) is 14.7. The van der Waals surface area contributed by atoms with Gasteiger partial charge in [0.1, 0.15) is 0 Å². The van der Waals surface area contributed by atoms with Crippen LogP contribution in [0.25, 0.3) is 22.9 Å². The smallest absolute Gasteiger partial charge is 0.338 e. The second-order valence-electron chi connectivity index (χ2n) is 11.4. The number of thiazole rings is 1. The van der Waals surface area contributed by atoms with Gasteiger partial charge in [0.25, 0.3) is 5.56 Å².